The summed E-state index contributed by atoms with van der Waals surface area (Å²) in [7, 11) is 0. The molecule has 7 heteroatoms. The number of non-ortho nitro benzene ring substituents is 1. The monoisotopic (exact) mass is 273 g/mol. The molecule has 2 aromatic rings. The fraction of sp³-hybridized carbons (Fsp3) is 0.231. The van der Waals surface area contributed by atoms with E-state index in [0.717, 1.165) is 5.69 Å². The molecular formula is C13H15N5O2. The molecule has 7 nitrogen and oxygen atoms in total. The second kappa shape index (κ2) is 5.62. The van der Waals surface area contributed by atoms with Crippen molar-refractivity contribution in [2.75, 3.05) is 5.43 Å². The van der Waals surface area contributed by atoms with Crippen LogP contribution in [0.25, 0.3) is 11.4 Å². The number of aromatic nitrogens is 2. The molecule has 20 heavy (non-hydrogen) atoms. The maximum atomic E-state index is 10.8. The molecule has 0 spiro atoms. The minimum atomic E-state index is -0.447. The highest BCUT2D eigenvalue weighted by atomic mass is 16.6. The Labute approximate surface area is 116 Å². The van der Waals surface area contributed by atoms with Crippen LogP contribution in [0.3, 0.4) is 0 Å². The number of nitrogens with two attached hydrogens (primary N) is 1. The third-order valence-corrected chi connectivity index (χ3v) is 2.80. The smallest absolute Gasteiger partial charge is 0.270 e. The van der Waals surface area contributed by atoms with Crippen LogP contribution in [0.1, 0.15) is 25.5 Å². The van der Waals surface area contributed by atoms with E-state index in [0.29, 0.717) is 17.2 Å². The van der Waals surface area contributed by atoms with Gasteiger partial charge in [0.25, 0.3) is 5.69 Å². The van der Waals surface area contributed by atoms with Crippen LogP contribution in [0.15, 0.2) is 30.3 Å². The molecule has 0 aliphatic carbocycles. The van der Waals surface area contributed by atoms with E-state index in [2.05, 4.69) is 15.4 Å². The first-order chi connectivity index (χ1) is 9.51. The molecular weight excluding hydrogens is 258 g/mol. The number of hydrogen-bond donors (Lipinski definition) is 2. The summed E-state index contributed by atoms with van der Waals surface area (Å²) in [5.74, 6) is 6.48. The third kappa shape index (κ3) is 2.89. The fourth-order valence-corrected chi connectivity index (χ4v) is 1.72. The first-order valence-electron chi connectivity index (χ1n) is 6.11. The van der Waals surface area contributed by atoms with E-state index in [9.17, 15) is 10.1 Å². The number of anilines is 1. The number of nitro benzene ring substituents is 1. The molecule has 0 saturated heterocycles. The number of benzene rings is 1. The molecule has 0 fully saturated rings. The summed E-state index contributed by atoms with van der Waals surface area (Å²) in [5.41, 5.74) is 3.88. The first-order valence-corrected chi connectivity index (χ1v) is 6.11. The van der Waals surface area contributed by atoms with Gasteiger partial charge in [0.05, 0.1) is 4.92 Å². The summed E-state index contributed by atoms with van der Waals surface area (Å²) >= 11 is 0. The SMILES string of the molecule is CC(C)c1cc(NN)nc(-c2cccc([N+](=O)[O-])c2)n1. The van der Waals surface area contributed by atoms with Gasteiger partial charge in [-0.15, -0.1) is 0 Å². The number of hydrazine groups is 1. The zero-order valence-electron chi connectivity index (χ0n) is 11.2. The largest absolute Gasteiger partial charge is 0.308 e. The van der Waals surface area contributed by atoms with E-state index in [-0.39, 0.29) is 11.6 Å². The Morgan fingerprint density at radius 1 is 1.30 bits per heavy atom. The maximum Gasteiger partial charge on any atom is 0.270 e. The predicted octanol–water partition coefficient (Wildman–Crippen LogP) is 2.46. The molecule has 0 aliphatic rings. The van der Waals surface area contributed by atoms with Crippen LogP contribution in [0.4, 0.5) is 11.5 Å². The number of nitrogens with zero attached hydrogens (tertiary/aromatic N) is 3. The van der Waals surface area contributed by atoms with Gasteiger partial charge in [-0.25, -0.2) is 15.8 Å². The summed E-state index contributed by atoms with van der Waals surface area (Å²) in [6.45, 7) is 4.00. The molecule has 0 saturated carbocycles. The lowest BCUT2D eigenvalue weighted by molar-refractivity contribution is -0.384. The maximum absolute atomic E-state index is 10.8. The van der Waals surface area contributed by atoms with Crippen LogP contribution in [0.5, 0.6) is 0 Å². The standard InChI is InChI=1S/C13H15N5O2/c1-8(2)11-7-12(17-14)16-13(15-11)9-4-3-5-10(6-9)18(19)20/h3-8H,14H2,1-2H3,(H,15,16,17). The fourth-order valence-electron chi connectivity index (χ4n) is 1.72. The van der Waals surface area contributed by atoms with E-state index in [1.54, 1.807) is 18.2 Å². The Morgan fingerprint density at radius 2 is 2.05 bits per heavy atom. The van der Waals surface area contributed by atoms with Crippen molar-refractivity contribution in [3.05, 3.63) is 46.1 Å². The molecule has 0 radical (unpaired) electrons. The minimum absolute atomic E-state index is 0.00306. The zero-order valence-corrected chi connectivity index (χ0v) is 11.2. The van der Waals surface area contributed by atoms with Crippen molar-refractivity contribution in [3.63, 3.8) is 0 Å². The van der Waals surface area contributed by atoms with Crippen molar-refractivity contribution in [2.24, 2.45) is 5.84 Å². The second-order valence-electron chi connectivity index (χ2n) is 4.61. The van der Waals surface area contributed by atoms with Crippen molar-refractivity contribution in [2.45, 2.75) is 19.8 Å². The van der Waals surface area contributed by atoms with Crippen molar-refractivity contribution in [1.29, 1.82) is 0 Å². The van der Waals surface area contributed by atoms with E-state index >= 15 is 0 Å². The van der Waals surface area contributed by atoms with Crippen LogP contribution in [0, 0.1) is 10.1 Å². The van der Waals surface area contributed by atoms with E-state index in [1.807, 2.05) is 13.8 Å². The van der Waals surface area contributed by atoms with Crippen molar-refractivity contribution < 1.29 is 4.92 Å². The zero-order chi connectivity index (χ0) is 14.7. The Kier molecular flexibility index (Phi) is 3.90. The topological polar surface area (TPSA) is 107 Å². The highest BCUT2D eigenvalue weighted by Gasteiger charge is 2.12. The molecule has 104 valence electrons. The van der Waals surface area contributed by atoms with Gasteiger partial charge in [0.1, 0.15) is 5.82 Å². The molecule has 0 aliphatic heterocycles. The lowest BCUT2D eigenvalue weighted by Gasteiger charge is -2.09. The lowest BCUT2D eigenvalue weighted by Crippen LogP contribution is -2.11. The third-order valence-electron chi connectivity index (χ3n) is 2.80. The molecule has 1 aromatic carbocycles. The van der Waals surface area contributed by atoms with Gasteiger partial charge in [0, 0.05) is 29.5 Å². The number of nitrogen functional groups attached to an aromatic ring is 1. The van der Waals surface area contributed by atoms with E-state index < -0.39 is 4.92 Å². The molecule has 0 amide bonds. The summed E-state index contributed by atoms with van der Waals surface area (Å²) in [6.07, 6.45) is 0. The van der Waals surface area contributed by atoms with Crippen molar-refractivity contribution in [3.8, 4) is 11.4 Å². The van der Waals surface area contributed by atoms with E-state index in [4.69, 9.17) is 5.84 Å². The van der Waals surface area contributed by atoms with Crippen LogP contribution >= 0.6 is 0 Å². The number of rotatable bonds is 4. The van der Waals surface area contributed by atoms with E-state index in [1.165, 1.54) is 12.1 Å². The summed E-state index contributed by atoms with van der Waals surface area (Å²) in [5, 5.41) is 10.8. The highest BCUT2D eigenvalue weighted by molar-refractivity contribution is 5.61. The summed E-state index contributed by atoms with van der Waals surface area (Å²) < 4.78 is 0. The van der Waals surface area contributed by atoms with Crippen LogP contribution in [-0.2, 0) is 0 Å². The van der Waals surface area contributed by atoms with Gasteiger partial charge in [0.15, 0.2) is 5.82 Å². The molecule has 0 atom stereocenters. The number of nitro groups is 1. The molecule has 2 rings (SSSR count). The van der Waals surface area contributed by atoms with Gasteiger partial charge in [0.2, 0.25) is 0 Å². The van der Waals surface area contributed by atoms with Gasteiger partial charge in [-0.3, -0.25) is 10.1 Å². The average molecular weight is 273 g/mol. The summed E-state index contributed by atoms with van der Waals surface area (Å²) in [4.78, 5) is 19.0. The van der Waals surface area contributed by atoms with Gasteiger partial charge >= 0.3 is 0 Å². The van der Waals surface area contributed by atoms with Gasteiger partial charge < -0.3 is 5.43 Å². The Bertz CT molecular complexity index is 642. The van der Waals surface area contributed by atoms with Crippen LogP contribution in [-0.4, -0.2) is 14.9 Å². The molecule has 0 bridgehead atoms. The van der Waals surface area contributed by atoms with Crippen molar-refractivity contribution >= 4 is 11.5 Å². The lowest BCUT2D eigenvalue weighted by atomic mass is 10.1. The van der Waals surface area contributed by atoms with Crippen LogP contribution in [0.2, 0.25) is 0 Å². The van der Waals surface area contributed by atoms with Crippen molar-refractivity contribution in [1.82, 2.24) is 9.97 Å². The number of hydrogen-bond acceptors (Lipinski definition) is 6. The quantitative estimate of drug-likeness (QED) is 0.503. The molecule has 1 aromatic heterocycles. The molecule has 1 heterocycles. The number of nitrogens with one attached hydrogen (secondary N) is 1. The van der Waals surface area contributed by atoms with Crippen LogP contribution < -0.4 is 11.3 Å². The molecule has 3 N–H and O–H groups in total. The highest BCUT2D eigenvalue weighted by Crippen LogP contribution is 2.24. The Balaban J connectivity index is 2.53. The predicted molar refractivity (Wildman–Crippen MR) is 76.0 cm³/mol. The minimum Gasteiger partial charge on any atom is -0.308 e. The first kappa shape index (κ1) is 13.9. The Morgan fingerprint density at radius 3 is 2.65 bits per heavy atom. The molecule has 0 unspecified atom stereocenters. The van der Waals surface area contributed by atoms with Gasteiger partial charge in [-0.2, -0.15) is 0 Å². The normalized spacial score (nSPS) is 10.6. The van der Waals surface area contributed by atoms with Gasteiger partial charge in [-0.1, -0.05) is 26.0 Å². The summed E-state index contributed by atoms with van der Waals surface area (Å²) in [6, 6.07) is 7.96. The Hall–Kier alpha value is -2.54. The second-order valence-corrected chi connectivity index (χ2v) is 4.61. The van der Waals surface area contributed by atoms with Gasteiger partial charge in [-0.05, 0) is 5.92 Å². The average Bonchev–Trinajstić information content (AvgIpc) is 2.46.